The van der Waals surface area contributed by atoms with Gasteiger partial charge in [0.1, 0.15) is 18.0 Å². The van der Waals surface area contributed by atoms with Crippen LogP contribution in [0.2, 0.25) is 0 Å². The summed E-state index contributed by atoms with van der Waals surface area (Å²) < 4.78 is 12.0. The van der Waals surface area contributed by atoms with Crippen molar-refractivity contribution in [3.63, 3.8) is 0 Å². The van der Waals surface area contributed by atoms with Crippen LogP contribution in [-0.2, 0) is 4.74 Å². The molecule has 0 aliphatic carbocycles. The molecule has 3 N–H and O–H groups in total. The molecule has 0 amide bonds. The number of aliphatic hydroxyl groups excluding tert-OH is 1. The molecule has 0 bridgehead atoms. The zero-order valence-electron chi connectivity index (χ0n) is 14.3. The molecule has 0 unspecified atom stereocenters. The maximum absolute atomic E-state index is 11.9. The van der Waals surface area contributed by atoms with Crippen molar-refractivity contribution in [2.45, 2.75) is 38.7 Å². The fourth-order valence-electron chi connectivity index (χ4n) is 2.89. The van der Waals surface area contributed by atoms with Crippen molar-refractivity contribution in [1.82, 2.24) is 9.55 Å². The number of nitrogens with one attached hydrogen (secondary N) is 2. The lowest BCUT2D eigenvalue weighted by molar-refractivity contribution is -0.0132. The number of aliphatic hydroxyl groups is 1. The van der Waals surface area contributed by atoms with E-state index in [-0.39, 0.29) is 31.0 Å². The fourth-order valence-corrected chi connectivity index (χ4v) is 2.89. The summed E-state index contributed by atoms with van der Waals surface area (Å²) >= 11 is 0. The Balaban J connectivity index is 1.71. The van der Waals surface area contributed by atoms with Crippen LogP contribution in [0.25, 0.3) is 0 Å². The van der Waals surface area contributed by atoms with E-state index in [9.17, 15) is 24.3 Å². The van der Waals surface area contributed by atoms with Gasteiger partial charge in [-0.3, -0.25) is 23.9 Å². The van der Waals surface area contributed by atoms with Gasteiger partial charge in [-0.2, -0.15) is 0 Å². The van der Waals surface area contributed by atoms with Crippen molar-refractivity contribution in [3.8, 4) is 5.75 Å². The van der Waals surface area contributed by atoms with Crippen LogP contribution >= 0.6 is 0 Å². The maximum Gasteiger partial charge on any atom is 0.330 e. The van der Waals surface area contributed by atoms with E-state index in [0.29, 0.717) is 5.56 Å². The number of nitrogens with zero attached hydrogens (tertiary/aromatic N) is 1. The summed E-state index contributed by atoms with van der Waals surface area (Å²) in [4.78, 5) is 48.6. The average molecular weight is 365 g/mol. The van der Waals surface area contributed by atoms with Crippen LogP contribution < -0.4 is 32.2 Å². The molecule has 3 atom stereocenters. The van der Waals surface area contributed by atoms with Gasteiger partial charge in [0.15, 0.2) is 5.75 Å². The zero-order valence-corrected chi connectivity index (χ0v) is 14.3. The smallest absolute Gasteiger partial charge is 0.330 e. The van der Waals surface area contributed by atoms with Gasteiger partial charge in [0.2, 0.25) is 0 Å². The zero-order chi connectivity index (χ0) is 19.0. The van der Waals surface area contributed by atoms with E-state index in [2.05, 4.69) is 10.3 Å². The van der Waals surface area contributed by atoms with Crippen LogP contribution in [0.3, 0.4) is 0 Å². The van der Waals surface area contributed by atoms with Gasteiger partial charge in [-0.05, 0) is 13.8 Å². The fraction of sp³-hybridized carbons (Fsp3) is 0.500. The van der Waals surface area contributed by atoms with Crippen LogP contribution in [0.15, 0.2) is 25.4 Å². The van der Waals surface area contributed by atoms with E-state index in [4.69, 9.17) is 9.47 Å². The lowest BCUT2D eigenvalue weighted by Gasteiger charge is -2.19. The third kappa shape index (κ3) is 3.08. The number of rotatable bonds is 6. The maximum atomic E-state index is 11.9. The molecular formula is C16H19N3O7. The minimum absolute atomic E-state index is 0.0194. The van der Waals surface area contributed by atoms with Crippen LogP contribution in [0, 0.1) is 6.92 Å². The first-order valence-electron chi connectivity index (χ1n) is 8.19. The summed E-state index contributed by atoms with van der Waals surface area (Å²) in [7, 11) is 0. The normalized spacial score (nSPS) is 22.7. The lowest BCUT2D eigenvalue weighted by atomic mass is 10.1. The van der Waals surface area contributed by atoms with Crippen molar-refractivity contribution in [1.29, 1.82) is 0 Å². The van der Waals surface area contributed by atoms with Crippen molar-refractivity contribution in [3.05, 3.63) is 53.0 Å². The summed E-state index contributed by atoms with van der Waals surface area (Å²) in [6, 6.07) is 0. The Bertz CT molecular complexity index is 999. The topological polar surface area (TPSA) is 140 Å². The van der Waals surface area contributed by atoms with E-state index in [1.165, 1.54) is 10.8 Å². The average Bonchev–Trinajstić information content (AvgIpc) is 2.97. The molecule has 26 heavy (non-hydrogen) atoms. The monoisotopic (exact) mass is 365 g/mol. The molecular weight excluding hydrogens is 346 g/mol. The van der Waals surface area contributed by atoms with Gasteiger partial charge in [0.25, 0.3) is 16.4 Å². The first-order valence-corrected chi connectivity index (χ1v) is 8.19. The number of ether oxygens (including phenoxy) is 2. The molecule has 0 radical (unpaired) electrons. The highest BCUT2D eigenvalue weighted by atomic mass is 16.5. The summed E-state index contributed by atoms with van der Waals surface area (Å²) in [5.41, 5.74) is -2.07. The molecule has 10 nitrogen and oxygen atoms in total. The minimum Gasteiger partial charge on any atom is -0.488 e. The summed E-state index contributed by atoms with van der Waals surface area (Å²) in [6.07, 6.45) is -0.842. The van der Waals surface area contributed by atoms with Crippen LogP contribution in [-0.4, -0.2) is 40.0 Å². The number of hydrogen-bond donors (Lipinski definition) is 3. The van der Waals surface area contributed by atoms with Crippen LogP contribution in [0.4, 0.5) is 5.69 Å². The van der Waals surface area contributed by atoms with E-state index in [0.717, 1.165) is 0 Å². The van der Waals surface area contributed by atoms with Crippen molar-refractivity contribution >= 4 is 5.69 Å². The van der Waals surface area contributed by atoms with Gasteiger partial charge in [-0.15, -0.1) is 0 Å². The Hall–Kier alpha value is -2.72. The van der Waals surface area contributed by atoms with Crippen molar-refractivity contribution < 1.29 is 14.6 Å². The molecule has 1 aliphatic heterocycles. The first-order chi connectivity index (χ1) is 12.3. The molecule has 2 heterocycles. The number of anilines is 1. The molecule has 10 heteroatoms. The molecule has 1 aromatic carbocycles. The predicted octanol–water partition coefficient (Wildman–Crippen LogP) is -1.40. The van der Waals surface area contributed by atoms with Gasteiger partial charge in [0.05, 0.1) is 12.7 Å². The largest absolute Gasteiger partial charge is 0.488 e. The number of aromatic nitrogens is 2. The Morgan fingerprint density at radius 2 is 2.08 bits per heavy atom. The number of H-pyrrole nitrogens is 1. The molecule has 140 valence electrons. The SMILES string of the molecule is CCOc1c(NC[C@H]2O[C@@H](n3cc(C)c(=O)[nH]c3=O)C[C@H]2O)c(=O)c1=O. The second-order valence-electron chi connectivity index (χ2n) is 6.09. The highest BCUT2D eigenvalue weighted by Crippen LogP contribution is 2.28. The Morgan fingerprint density at radius 1 is 1.35 bits per heavy atom. The highest BCUT2D eigenvalue weighted by molar-refractivity contribution is 5.61. The van der Waals surface area contributed by atoms with Gasteiger partial charge in [-0.25, -0.2) is 4.79 Å². The molecule has 1 aliphatic rings. The summed E-state index contributed by atoms with van der Waals surface area (Å²) in [6.45, 7) is 3.55. The summed E-state index contributed by atoms with van der Waals surface area (Å²) in [5, 5.41) is 12.9. The highest BCUT2D eigenvalue weighted by Gasteiger charge is 2.36. The third-order valence-electron chi connectivity index (χ3n) is 4.30. The molecule has 3 rings (SSSR count). The van der Waals surface area contributed by atoms with E-state index in [1.54, 1.807) is 13.8 Å². The number of hydrogen-bond acceptors (Lipinski definition) is 8. The Morgan fingerprint density at radius 3 is 2.77 bits per heavy atom. The lowest BCUT2D eigenvalue weighted by Crippen LogP contribution is -2.39. The molecule has 0 spiro atoms. The van der Waals surface area contributed by atoms with E-state index >= 15 is 0 Å². The van der Waals surface area contributed by atoms with Crippen LogP contribution in [0.5, 0.6) is 5.75 Å². The van der Waals surface area contributed by atoms with Crippen molar-refractivity contribution in [2.75, 3.05) is 18.5 Å². The number of aryl methyl sites for hydroxylation is 1. The number of aromatic amines is 1. The van der Waals surface area contributed by atoms with E-state index < -0.39 is 40.5 Å². The quantitative estimate of drug-likeness (QED) is 0.531. The second kappa shape index (κ2) is 6.89. The van der Waals surface area contributed by atoms with Gasteiger partial charge < -0.3 is 19.9 Å². The van der Waals surface area contributed by atoms with E-state index in [1.807, 2.05) is 0 Å². The molecule has 2 aromatic rings. The molecule has 1 fully saturated rings. The van der Waals surface area contributed by atoms with Gasteiger partial charge >= 0.3 is 5.69 Å². The van der Waals surface area contributed by atoms with Gasteiger partial charge in [-0.1, -0.05) is 0 Å². The molecule has 1 aromatic heterocycles. The Labute approximate surface area is 146 Å². The Kier molecular flexibility index (Phi) is 4.79. The third-order valence-corrected chi connectivity index (χ3v) is 4.30. The van der Waals surface area contributed by atoms with Crippen LogP contribution in [0.1, 0.15) is 25.1 Å². The standard InChI is InChI=1S/C16H19N3O7/c1-3-25-14-11(12(21)13(14)22)17-5-9-8(20)4-10(26-9)19-6-7(2)15(23)18-16(19)24/h6,8-10,17,20H,3-5H2,1-2H3,(H,18,23,24)/t8-,9-,10-/m1/s1. The molecule has 1 saturated heterocycles. The predicted molar refractivity (Wildman–Crippen MR) is 91.6 cm³/mol. The van der Waals surface area contributed by atoms with Crippen molar-refractivity contribution in [2.24, 2.45) is 0 Å². The molecule has 0 saturated carbocycles. The first kappa shape index (κ1) is 18.1. The minimum atomic E-state index is -0.895. The summed E-state index contributed by atoms with van der Waals surface area (Å²) in [5.74, 6) is -0.0194. The van der Waals surface area contributed by atoms with Gasteiger partial charge in [0, 0.05) is 24.7 Å². The second-order valence-corrected chi connectivity index (χ2v) is 6.09.